The van der Waals surface area contributed by atoms with Crippen molar-refractivity contribution in [3.05, 3.63) is 47.9 Å². The maximum absolute atomic E-state index is 12.6. The first-order chi connectivity index (χ1) is 14.0. The number of ether oxygens (including phenoxy) is 1. The molecular weight excluding hydrogens is 376 g/mol. The van der Waals surface area contributed by atoms with E-state index in [2.05, 4.69) is 20.4 Å². The Morgan fingerprint density at radius 1 is 1.28 bits per heavy atom. The Balaban J connectivity index is 1.55. The second kappa shape index (κ2) is 7.84. The number of primary amides is 1. The number of carbonyl (C=O) groups is 2. The van der Waals surface area contributed by atoms with E-state index in [1.807, 2.05) is 6.92 Å². The van der Waals surface area contributed by atoms with Crippen LogP contribution in [0.3, 0.4) is 0 Å². The van der Waals surface area contributed by atoms with E-state index in [4.69, 9.17) is 14.9 Å². The molecule has 0 saturated carbocycles. The number of hydrogen-bond acceptors (Lipinski definition) is 7. The maximum Gasteiger partial charge on any atom is 0.293 e. The molecule has 3 N–H and O–H groups in total. The average Bonchev–Trinajstić information content (AvgIpc) is 3.36. The predicted octanol–water partition coefficient (Wildman–Crippen LogP) is 1.94. The number of pyridine rings is 1. The largest absolute Gasteiger partial charge is 0.431 e. The van der Waals surface area contributed by atoms with Gasteiger partial charge in [0.15, 0.2) is 5.69 Å². The second-order valence-corrected chi connectivity index (χ2v) is 6.75. The molecule has 4 heterocycles. The van der Waals surface area contributed by atoms with Crippen molar-refractivity contribution in [1.82, 2.24) is 19.7 Å². The number of aromatic nitrogens is 4. The number of aryl methyl sites for hydroxylation is 1. The molecule has 4 rings (SSSR count). The number of oxazole rings is 1. The summed E-state index contributed by atoms with van der Waals surface area (Å²) >= 11 is 0. The molecule has 1 aliphatic heterocycles. The summed E-state index contributed by atoms with van der Waals surface area (Å²) in [6, 6.07) is 3.62. The standard InChI is InChI=1S/C19H20N6O4/c1-11-8-12(2-5-21-11)19-22-9-15(29-19)18(27)23-14-10-25(24-16(14)17(20)26)13-3-6-28-7-4-13/h2,5,8-10,13H,3-4,6-7H2,1H3,(H2,20,26)(H,23,27). The van der Waals surface area contributed by atoms with Crippen molar-refractivity contribution in [3.8, 4) is 11.5 Å². The number of anilines is 1. The highest BCUT2D eigenvalue weighted by Crippen LogP contribution is 2.25. The highest BCUT2D eigenvalue weighted by Gasteiger charge is 2.23. The van der Waals surface area contributed by atoms with Crippen molar-refractivity contribution in [2.45, 2.75) is 25.8 Å². The van der Waals surface area contributed by atoms with Crippen molar-refractivity contribution in [2.24, 2.45) is 5.73 Å². The van der Waals surface area contributed by atoms with Gasteiger partial charge in [0.1, 0.15) is 0 Å². The zero-order chi connectivity index (χ0) is 20.4. The summed E-state index contributed by atoms with van der Waals surface area (Å²) in [5.41, 5.74) is 7.17. The SMILES string of the molecule is Cc1cc(-c2ncc(C(=O)Nc3cn(C4CCOCC4)nc3C(N)=O)o2)ccn1. The molecule has 10 heteroatoms. The van der Waals surface area contributed by atoms with Crippen LogP contribution in [0.1, 0.15) is 45.6 Å². The van der Waals surface area contributed by atoms with Crippen LogP contribution in [-0.2, 0) is 4.74 Å². The fourth-order valence-electron chi connectivity index (χ4n) is 3.18. The van der Waals surface area contributed by atoms with Crippen LogP contribution in [0.25, 0.3) is 11.5 Å². The summed E-state index contributed by atoms with van der Waals surface area (Å²) in [5.74, 6) is -0.974. The summed E-state index contributed by atoms with van der Waals surface area (Å²) in [4.78, 5) is 32.7. The van der Waals surface area contributed by atoms with Crippen LogP contribution in [0.15, 0.2) is 35.1 Å². The Kier molecular flexibility index (Phi) is 5.09. The van der Waals surface area contributed by atoms with E-state index in [0.29, 0.717) is 24.7 Å². The van der Waals surface area contributed by atoms with Gasteiger partial charge in [-0.2, -0.15) is 5.10 Å². The molecule has 0 atom stereocenters. The minimum atomic E-state index is -0.725. The highest BCUT2D eigenvalue weighted by molar-refractivity contribution is 6.06. The van der Waals surface area contributed by atoms with Gasteiger partial charge in [-0.3, -0.25) is 19.3 Å². The van der Waals surface area contributed by atoms with Gasteiger partial charge in [-0.1, -0.05) is 0 Å². The third-order valence-electron chi connectivity index (χ3n) is 4.65. The van der Waals surface area contributed by atoms with E-state index < -0.39 is 11.8 Å². The zero-order valence-electron chi connectivity index (χ0n) is 15.8. The van der Waals surface area contributed by atoms with E-state index in [9.17, 15) is 9.59 Å². The van der Waals surface area contributed by atoms with E-state index in [-0.39, 0.29) is 23.2 Å². The number of rotatable bonds is 5. The van der Waals surface area contributed by atoms with Gasteiger partial charge in [-0.05, 0) is 31.9 Å². The molecule has 2 amide bonds. The predicted molar refractivity (Wildman–Crippen MR) is 102 cm³/mol. The lowest BCUT2D eigenvalue weighted by atomic mass is 10.1. The molecule has 29 heavy (non-hydrogen) atoms. The monoisotopic (exact) mass is 396 g/mol. The van der Waals surface area contributed by atoms with Gasteiger partial charge < -0.3 is 20.2 Å². The van der Waals surface area contributed by atoms with Crippen molar-refractivity contribution in [2.75, 3.05) is 18.5 Å². The maximum atomic E-state index is 12.6. The van der Waals surface area contributed by atoms with Gasteiger partial charge >= 0.3 is 0 Å². The topological polar surface area (TPSA) is 138 Å². The molecule has 0 aliphatic carbocycles. The molecule has 0 unspecified atom stereocenters. The quantitative estimate of drug-likeness (QED) is 0.672. The summed E-state index contributed by atoms with van der Waals surface area (Å²) in [7, 11) is 0. The lowest BCUT2D eigenvalue weighted by molar-refractivity contribution is 0.0661. The minimum Gasteiger partial charge on any atom is -0.431 e. The van der Waals surface area contributed by atoms with E-state index in [1.54, 1.807) is 29.2 Å². The fraction of sp³-hybridized carbons (Fsp3) is 0.316. The highest BCUT2D eigenvalue weighted by atomic mass is 16.5. The summed E-state index contributed by atoms with van der Waals surface area (Å²) in [6.07, 6.45) is 6.11. The van der Waals surface area contributed by atoms with Crippen LogP contribution in [0.5, 0.6) is 0 Å². The van der Waals surface area contributed by atoms with Gasteiger partial charge in [0.2, 0.25) is 11.7 Å². The molecule has 0 aromatic carbocycles. The second-order valence-electron chi connectivity index (χ2n) is 6.75. The van der Waals surface area contributed by atoms with Crippen LogP contribution in [0.2, 0.25) is 0 Å². The van der Waals surface area contributed by atoms with Gasteiger partial charge in [-0.15, -0.1) is 0 Å². The molecule has 0 radical (unpaired) electrons. The van der Waals surface area contributed by atoms with E-state index >= 15 is 0 Å². The number of hydrogen-bond donors (Lipinski definition) is 2. The normalized spacial score (nSPS) is 14.7. The molecule has 150 valence electrons. The molecule has 3 aromatic rings. The van der Waals surface area contributed by atoms with Crippen molar-refractivity contribution >= 4 is 17.5 Å². The molecule has 10 nitrogen and oxygen atoms in total. The van der Waals surface area contributed by atoms with Crippen LogP contribution >= 0.6 is 0 Å². The molecule has 0 bridgehead atoms. The number of carbonyl (C=O) groups excluding carboxylic acids is 2. The lowest BCUT2D eigenvalue weighted by Gasteiger charge is -2.22. The van der Waals surface area contributed by atoms with Crippen molar-refractivity contribution in [1.29, 1.82) is 0 Å². The molecule has 1 aliphatic rings. The number of nitrogens with two attached hydrogens (primary N) is 1. The van der Waals surface area contributed by atoms with Crippen LogP contribution in [0, 0.1) is 6.92 Å². The third kappa shape index (κ3) is 4.02. The Morgan fingerprint density at radius 2 is 2.07 bits per heavy atom. The summed E-state index contributed by atoms with van der Waals surface area (Å²) in [5, 5.41) is 6.90. The van der Waals surface area contributed by atoms with Crippen LogP contribution < -0.4 is 11.1 Å². The summed E-state index contributed by atoms with van der Waals surface area (Å²) < 4.78 is 12.6. The zero-order valence-corrected chi connectivity index (χ0v) is 15.8. The first-order valence-corrected chi connectivity index (χ1v) is 9.18. The number of amides is 2. The fourth-order valence-corrected chi connectivity index (χ4v) is 3.18. The van der Waals surface area contributed by atoms with Crippen LogP contribution in [-0.4, -0.2) is 44.8 Å². The summed E-state index contributed by atoms with van der Waals surface area (Å²) in [6.45, 7) is 3.09. The third-order valence-corrected chi connectivity index (χ3v) is 4.65. The van der Waals surface area contributed by atoms with Crippen LogP contribution in [0.4, 0.5) is 5.69 Å². The van der Waals surface area contributed by atoms with E-state index in [0.717, 1.165) is 18.5 Å². The van der Waals surface area contributed by atoms with Gasteiger partial charge in [0.25, 0.3) is 11.8 Å². The van der Waals surface area contributed by atoms with Gasteiger partial charge in [-0.25, -0.2) is 4.98 Å². The number of nitrogens with zero attached hydrogens (tertiary/aromatic N) is 4. The van der Waals surface area contributed by atoms with E-state index in [1.165, 1.54) is 6.20 Å². The van der Waals surface area contributed by atoms with Gasteiger partial charge in [0, 0.05) is 36.9 Å². The average molecular weight is 396 g/mol. The van der Waals surface area contributed by atoms with Gasteiger partial charge in [0.05, 0.1) is 17.9 Å². The smallest absolute Gasteiger partial charge is 0.293 e. The molecular formula is C19H20N6O4. The van der Waals surface area contributed by atoms with Crippen molar-refractivity contribution < 1.29 is 18.7 Å². The molecule has 1 saturated heterocycles. The molecule has 0 spiro atoms. The molecule has 1 fully saturated rings. The molecule has 3 aromatic heterocycles. The number of nitrogens with one attached hydrogen (secondary N) is 1. The first-order valence-electron chi connectivity index (χ1n) is 9.18. The first kappa shape index (κ1) is 18.8. The van der Waals surface area contributed by atoms with Crippen molar-refractivity contribution in [3.63, 3.8) is 0 Å². The Labute approximate surface area is 166 Å². The Hall–Kier alpha value is -3.53. The minimum absolute atomic E-state index is 0.00343. The lowest BCUT2D eigenvalue weighted by Crippen LogP contribution is -2.21. The Morgan fingerprint density at radius 3 is 2.79 bits per heavy atom. The Bertz CT molecular complexity index is 1050.